The number of nitrogens with two attached hydrogens (primary N) is 1. The lowest BCUT2D eigenvalue weighted by atomic mass is 10.2. The molecule has 0 spiro atoms. The Kier molecular flexibility index (Phi) is 5.02. The Morgan fingerprint density at radius 2 is 2.05 bits per heavy atom. The maximum Gasteiger partial charge on any atom is 0.0555 e. The second-order valence-corrected chi connectivity index (χ2v) is 5.15. The van der Waals surface area contributed by atoms with E-state index >= 15 is 0 Å². The predicted octanol–water partition coefficient (Wildman–Crippen LogP) is 3.08. The third kappa shape index (κ3) is 3.85. The standard InChI is InChI=1S/C16H18N2S/c1-2-18(15-8-4-3-5-9-15)12-16-11-14(13-19-16)7-6-10-17/h3-5,8-9,11,13H,2,10,12,17H2,1H3. The molecule has 0 unspecified atom stereocenters. The maximum absolute atomic E-state index is 5.38. The Balaban J connectivity index is 2.09. The molecule has 1 aromatic heterocycles. The molecule has 0 aliphatic carbocycles. The van der Waals surface area contributed by atoms with Crippen LogP contribution in [-0.4, -0.2) is 13.1 Å². The lowest BCUT2D eigenvalue weighted by Crippen LogP contribution is -2.21. The van der Waals surface area contributed by atoms with Gasteiger partial charge in [0.15, 0.2) is 0 Å². The molecule has 98 valence electrons. The summed E-state index contributed by atoms with van der Waals surface area (Å²) in [5, 5.41) is 2.09. The highest BCUT2D eigenvalue weighted by molar-refractivity contribution is 7.10. The van der Waals surface area contributed by atoms with Crippen molar-refractivity contribution in [2.75, 3.05) is 18.0 Å². The van der Waals surface area contributed by atoms with Crippen LogP contribution in [0.3, 0.4) is 0 Å². The second kappa shape index (κ2) is 6.98. The molecule has 2 rings (SSSR count). The van der Waals surface area contributed by atoms with Gasteiger partial charge in [-0.2, -0.15) is 0 Å². The summed E-state index contributed by atoms with van der Waals surface area (Å²) in [6.07, 6.45) is 0. The Morgan fingerprint density at radius 1 is 1.26 bits per heavy atom. The van der Waals surface area contributed by atoms with E-state index in [1.165, 1.54) is 10.6 Å². The molecular weight excluding hydrogens is 252 g/mol. The van der Waals surface area contributed by atoms with E-state index in [1.807, 2.05) is 6.07 Å². The minimum Gasteiger partial charge on any atom is -0.367 e. The van der Waals surface area contributed by atoms with Gasteiger partial charge in [0.05, 0.1) is 13.1 Å². The van der Waals surface area contributed by atoms with Gasteiger partial charge in [0, 0.05) is 28.1 Å². The number of para-hydroxylation sites is 1. The van der Waals surface area contributed by atoms with E-state index in [4.69, 9.17) is 5.73 Å². The van der Waals surface area contributed by atoms with E-state index in [9.17, 15) is 0 Å². The molecular formula is C16H18N2S. The molecule has 0 atom stereocenters. The fourth-order valence-corrected chi connectivity index (χ4v) is 2.73. The van der Waals surface area contributed by atoms with Crippen molar-refractivity contribution < 1.29 is 0 Å². The van der Waals surface area contributed by atoms with Crippen molar-refractivity contribution in [2.45, 2.75) is 13.5 Å². The number of nitrogens with zero attached hydrogens (tertiary/aromatic N) is 1. The van der Waals surface area contributed by atoms with Gasteiger partial charge in [0.25, 0.3) is 0 Å². The molecule has 0 aliphatic rings. The average molecular weight is 270 g/mol. The second-order valence-electron chi connectivity index (χ2n) is 4.16. The van der Waals surface area contributed by atoms with Gasteiger partial charge in [-0.25, -0.2) is 0 Å². The Hall–Kier alpha value is -1.76. The zero-order chi connectivity index (χ0) is 13.5. The largest absolute Gasteiger partial charge is 0.367 e. The topological polar surface area (TPSA) is 29.3 Å². The van der Waals surface area contributed by atoms with Crippen molar-refractivity contribution in [3.63, 3.8) is 0 Å². The summed E-state index contributed by atoms with van der Waals surface area (Å²) >= 11 is 1.75. The third-order valence-corrected chi connectivity index (χ3v) is 3.76. The van der Waals surface area contributed by atoms with Crippen LogP contribution in [0, 0.1) is 11.8 Å². The molecule has 0 radical (unpaired) electrons. The molecule has 0 bridgehead atoms. The van der Waals surface area contributed by atoms with Crippen LogP contribution in [0.1, 0.15) is 17.4 Å². The van der Waals surface area contributed by atoms with Crippen molar-refractivity contribution >= 4 is 17.0 Å². The smallest absolute Gasteiger partial charge is 0.0555 e. The zero-order valence-electron chi connectivity index (χ0n) is 11.1. The Morgan fingerprint density at radius 3 is 2.74 bits per heavy atom. The van der Waals surface area contributed by atoms with Gasteiger partial charge in [-0.1, -0.05) is 30.0 Å². The van der Waals surface area contributed by atoms with Crippen molar-refractivity contribution in [3.8, 4) is 11.8 Å². The molecule has 19 heavy (non-hydrogen) atoms. The van der Waals surface area contributed by atoms with Gasteiger partial charge in [-0.3, -0.25) is 0 Å². The molecule has 2 N–H and O–H groups in total. The first kappa shape index (κ1) is 13.7. The first-order chi connectivity index (χ1) is 9.33. The van der Waals surface area contributed by atoms with Crippen LogP contribution >= 0.6 is 11.3 Å². The van der Waals surface area contributed by atoms with Crippen LogP contribution in [0.4, 0.5) is 5.69 Å². The zero-order valence-corrected chi connectivity index (χ0v) is 11.9. The molecule has 2 aromatic rings. The molecule has 0 fully saturated rings. The predicted molar refractivity (Wildman–Crippen MR) is 83.4 cm³/mol. The van der Waals surface area contributed by atoms with Gasteiger partial charge < -0.3 is 10.6 Å². The van der Waals surface area contributed by atoms with E-state index in [0.29, 0.717) is 6.54 Å². The van der Waals surface area contributed by atoms with Crippen LogP contribution in [0.2, 0.25) is 0 Å². The van der Waals surface area contributed by atoms with Crippen LogP contribution in [-0.2, 0) is 6.54 Å². The van der Waals surface area contributed by atoms with Crippen molar-refractivity contribution in [1.82, 2.24) is 0 Å². The van der Waals surface area contributed by atoms with Gasteiger partial charge in [0.2, 0.25) is 0 Å². The van der Waals surface area contributed by atoms with E-state index in [2.05, 4.69) is 59.4 Å². The summed E-state index contributed by atoms with van der Waals surface area (Å²) in [6, 6.07) is 12.6. The quantitative estimate of drug-likeness (QED) is 0.865. The average Bonchev–Trinajstić information content (AvgIpc) is 2.91. The SMILES string of the molecule is CCN(Cc1cc(C#CCN)cs1)c1ccccc1. The van der Waals surface area contributed by atoms with Crippen LogP contribution in [0.15, 0.2) is 41.8 Å². The summed E-state index contributed by atoms with van der Waals surface area (Å²) < 4.78 is 0. The first-order valence-corrected chi connectivity index (χ1v) is 7.27. The maximum atomic E-state index is 5.38. The minimum atomic E-state index is 0.413. The summed E-state index contributed by atoms with van der Waals surface area (Å²) in [4.78, 5) is 3.68. The minimum absolute atomic E-state index is 0.413. The first-order valence-electron chi connectivity index (χ1n) is 6.40. The monoisotopic (exact) mass is 270 g/mol. The van der Waals surface area contributed by atoms with Gasteiger partial charge in [-0.15, -0.1) is 11.3 Å². The molecule has 2 nitrogen and oxygen atoms in total. The van der Waals surface area contributed by atoms with Crippen LogP contribution in [0.25, 0.3) is 0 Å². The van der Waals surface area contributed by atoms with Crippen molar-refractivity contribution in [2.24, 2.45) is 5.73 Å². The van der Waals surface area contributed by atoms with Gasteiger partial charge in [-0.05, 0) is 25.1 Å². The fraction of sp³-hybridized carbons (Fsp3) is 0.250. The van der Waals surface area contributed by atoms with Gasteiger partial charge >= 0.3 is 0 Å². The number of benzene rings is 1. The van der Waals surface area contributed by atoms with E-state index in [-0.39, 0.29) is 0 Å². The number of hydrogen-bond donors (Lipinski definition) is 1. The van der Waals surface area contributed by atoms with E-state index in [1.54, 1.807) is 11.3 Å². The fourth-order valence-electron chi connectivity index (χ4n) is 1.89. The number of rotatable bonds is 4. The Labute approximate surface area is 118 Å². The van der Waals surface area contributed by atoms with Crippen molar-refractivity contribution in [3.05, 3.63) is 52.2 Å². The number of thiophene rings is 1. The van der Waals surface area contributed by atoms with Crippen LogP contribution in [0.5, 0.6) is 0 Å². The summed E-state index contributed by atoms with van der Waals surface area (Å²) in [5.74, 6) is 5.96. The van der Waals surface area contributed by atoms with Crippen LogP contribution < -0.4 is 10.6 Å². The van der Waals surface area contributed by atoms with E-state index < -0.39 is 0 Å². The highest BCUT2D eigenvalue weighted by atomic mass is 32.1. The molecule has 1 heterocycles. The lowest BCUT2D eigenvalue weighted by molar-refractivity contribution is 0.842. The highest BCUT2D eigenvalue weighted by Gasteiger charge is 2.06. The number of hydrogen-bond acceptors (Lipinski definition) is 3. The van der Waals surface area contributed by atoms with Gasteiger partial charge in [0.1, 0.15) is 0 Å². The highest BCUT2D eigenvalue weighted by Crippen LogP contribution is 2.20. The summed E-state index contributed by atoms with van der Waals surface area (Å²) in [5.41, 5.74) is 7.70. The van der Waals surface area contributed by atoms with E-state index in [0.717, 1.165) is 18.7 Å². The molecule has 0 saturated carbocycles. The Bertz CT molecular complexity index is 563. The molecule has 0 saturated heterocycles. The molecule has 0 aliphatic heterocycles. The van der Waals surface area contributed by atoms with Crippen molar-refractivity contribution in [1.29, 1.82) is 0 Å². The normalized spacial score (nSPS) is 9.79. The molecule has 3 heteroatoms. The number of anilines is 1. The summed E-state index contributed by atoms with van der Waals surface area (Å²) in [6.45, 7) is 4.51. The summed E-state index contributed by atoms with van der Waals surface area (Å²) in [7, 11) is 0. The lowest BCUT2D eigenvalue weighted by Gasteiger charge is -2.22. The third-order valence-electron chi connectivity index (χ3n) is 2.84. The molecule has 1 aromatic carbocycles. The molecule has 0 amide bonds.